The SMILES string of the molecule is COC(=O)[C@@]1(C)N=CN2C(=O)CCN2[C@@H]1c1ccccc1. The highest BCUT2D eigenvalue weighted by Gasteiger charge is 2.52. The van der Waals surface area contributed by atoms with Gasteiger partial charge in [-0.1, -0.05) is 30.3 Å². The zero-order valence-electron chi connectivity index (χ0n) is 12.0. The van der Waals surface area contributed by atoms with Crippen molar-refractivity contribution in [2.45, 2.75) is 24.9 Å². The minimum absolute atomic E-state index is 0.00778. The summed E-state index contributed by atoms with van der Waals surface area (Å²) in [5.41, 5.74) is -0.140. The molecule has 3 rings (SSSR count). The molecule has 1 fully saturated rings. The molecule has 2 atom stereocenters. The number of carbonyl (C=O) groups excluding carboxylic acids is 2. The van der Waals surface area contributed by atoms with E-state index in [4.69, 9.17) is 4.74 Å². The van der Waals surface area contributed by atoms with Gasteiger partial charge >= 0.3 is 5.97 Å². The Morgan fingerprint density at radius 1 is 1.38 bits per heavy atom. The highest BCUT2D eigenvalue weighted by atomic mass is 16.5. The number of hydrazine groups is 1. The number of esters is 1. The van der Waals surface area contributed by atoms with E-state index in [1.165, 1.54) is 18.5 Å². The maximum atomic E-state index is 12.3. The number of aliphatic imine (C=N–C) groups is 1. The predicted molar refractivity (Wildman–Crippen MR) is 76.3 cm³/mol. The first kappa shape index (κ1) is 13.8. The van der Waals surface area contributed by atoms with Crippen molar-refractivity contribution < 1.29 is 14.3 Å². The van der Waals surface area contributed by atoms with Gasteiger partial charge in [-0.05, 0) is 12.5 Å². The van der Waals surface area contributed by atoms with E-state index in [0.29, 0.717) is 13.0 Å². The normalized spacial score (nSPS) is 28.6. The Kier molecular flexibility index (Phi) is 3.25. The minimum Gasteiger partial charge on any atom is -0.467 e. The van der Waals surface area contributed by atoms with E-state index < -0.39 is 11.5 Å². The van der Waals surface area contributed by atoms with Crippen LogP contribution in [0.5, 0.6) is 0 Å². The molecule has 0 saturated carbocycles. The molecule has 1 aromatic rings. The first-order chi connectivity index (χ1) is 10.1. The summed E-state index contributed by atoms with van der Waals surface area (Å²) in [4.78, 5) is 28.5. The highest BCUT2D eigenvalue weighted by molar-refractivity contribution is 5.92. The van der Waals surface area contributed by atoms with Gasteiger partial charge in [0.2, 0.25) is 5.91 Å². The highest BCUT2D eigenvalue weighted by Crippen LogP contribution is 2.40. The van der Waals surface area contributed by atoms with Gasteiger partial charge in [0.05, 0.1) is 13.2 Å². The summed E-state index contributed by atoms with van der Waals surface area (Å²) < 4.78 is 4.94. The number of nitrogens with zero attached hydrogens (tertiary/aromatic N) is 3. The second kappa shape index (κ2) is 4.96. The van der Waals surface area contributed by atoms with Gasteiger partial charge in [0.15, 0.2) is 5.54 Å². The third kappa shape index (κ3) is 2.03. The number of fused-ring (bicyclic) bond motifs is 1. The van der Waals surface area contributed by atoms with Crippen LogP contribution in [-0.2, 0) is 14.3 Å². The fraction of sp³-hybridized carbons (Fsp3) is 0.400. The Balaban J connectivity index is 2.11. The van der Waals surface area contributed by atoms with Gasteiger partial charge < -0.3 is 4.74 Å². The van der Waals surface area contributed by atoms with Crippen molar-refractivity contribution in [3.05, 3.63) is 35.9 Å². The molecule has 0 bridgehead atoms. The fourth-order valence-corrected chi connectivity index (χ4v) is 3.00. The van der Waals surface area contributed by atoms with E-state index in [0.717, 1.165) is 5.56 Å². The first-order valence-corrected chi connectivity index (χ1v) is 6.85. The van der Waals surface area contributed by atoms with Crippen molar-refractivity contribution in [3.8, 4) is 0 Å². The lowest BCUT2D eigenvalue weighted by atomic mass is 9.86. The number of amides is 1. The summed E-state index contributed by atoms with van der Waals surface area (Å²) in [6, 6.07) is 9.25. The van der Waals surface area contributed by atoms with E-state index in [-0.39, 0.29) is 11.9 Å². The van der Waals surface area contributed by atoms with E-state index in [9.17, 15) is 9.59 Å². The molecular formula is C15H17N3O3. The summed E-state index contributed by atoms with van der Waals surface area (Å²) in [5.74, 6) is -0.418. The van der Waals surface area contributed by atoms with Crippen LogP contribution in [0, 0.1) is 0 Å². The van der Waals surface area contributed by atoms with Crippen LogP contribution in [0.2, 0.25) is 0 Å². The number of hydrogen-bond acceptors (Lipinski definition) is 5. The predicted octanol–water partition coefficient (Wildman–Crippen LogP) is 1.15. The van der Waals surface area contributed by atoms with Crippen molar-refractivity contribution in [2.24, 2.45) is 4.99 Å². The van der Waals surface area contributed by atoms with Crippen LogP contribution in [0.4, 0.5) is 0 Å². The molecule has 0 unspecified atom stereocenters. The quantitative estimate of drug-likeness (QED) is 0.766. The number of rotatable bonds is 2. The molecule has 1 aromatic carbocycles. The maximum absolute atomic E-state index is 12.3. The van der Waals surface area contributed by atoms with Gasteiger partial charge in [-0.3, -0.25) is 9.79 Å². The summed E-state index contributed by atoms with van der Waals surface area (Å²) in [6.45, 7) is 2.31. The van der Waals surface area contributed by atoms with E-state index >= 15 is 0 Å². The molecule has 21 heavy (non-hydrogen) atoms. The van der Waals surface area contributed by atoms with Crippen molar-refractivity contribution in [3.63, 3.8) is 0 Å². The average molecular weight is 287 g/mol. The van der Waals surface area contributed by atoms with Crippen molar-refractivity contribution in [1.82, 2.24) is 10.0 Å². The van der Waals surface area contributed by atoms with Crippen molar-refractivity contribution in [1.29, 1.82) is 0 Å². The molecule has 0 radical (unpaired) electrons. The lowest BCUT2D eigenvalue weighted by Crippen LogP contribution is -2.56. The molecule has 1 amide bonds. The van der Waals surface area contributed by atoms with Gasteiger partial charge in [0, 0.05) is 13.0 Å². The maximum Gasteiger partial charge on any atom is 0.335 e. The monoisotopic (exact) mass is 287 g/mol. The number of ether oxygens (including phenoxy) is 1. The summed E-state index contributed by atoms with van der Waals surface area (Å²) >= 11 is 0. The Labute approximate surface area is 123 Å². The molecule has 6 heteroatoms. The number of carbonyl (C=O) groups is 2. The van der Waals surface area contributed by atoms with Crippen molar-refractivity contribution in [2.75, 3.05) is 13.7 Å². The second-order valence-electron chi connectivity index (χ2n) is 5.35. The third-order valence-corrected chi connectivity index (χ3v) is 4.07. The van der Waals surface area contributed by atoms with Crippen LogP contribution in [0.15, 0.2) is 35.3 Å². The largest absolute Gasteiger partial charge is 0.467 e. The Morgan fingerprint density at radius 2 is 2.10 bits per heavy atom. The number of methoxy groups -OCH3 is 1. The zero-order chi connectivity index (χ0) is 15.0. The minimum atomic E-state index is -1.07. The van der Waals surface area contributed by atoms with Crippen LogP contribution in [0.1, 0.15) is 24.9 Å². The summed E-state index contributed by atoms with van der Waals surface area (Å²) in [5, 5.41) is 3.39. The molecule has 6 nitrogen and oxygen atoms in total. The van der Waals surface area contributed by atoms with Gasteiger partial charge in [-0.25, -0.2) is 14.8 Å². The number of benzene rings is 1. The van der Waals surface area contributed by atoms with Gasteiger partial charge in [0.25, 0.3) is 0 Å². The van der Waals surface area contributed by atoms with Crippen LogP contribution >= 0.6 is 0 Å². The molecule has 0 spiro atoms. The smallest absolute Gasteiger partial charge is 0.335 e. The zero-order valence-corrected chi connectivity index (χ0v) is 12.0. The lowest BCUT2D eigenvalue weighted by molar-refractivity contribution is -0.155. The molecule has 1 saturated heterocycles. The molecule has 0 aromatic heterocycles. The standard InChI is InChI=1S/C15H17N3O3/c1-15(14(20)21-2)13(11-6-4-3-5-7-11)17-9-8-12(19)18(17)10-16-15/h3-7,10,13H,8-9H2,1-2H3/t13-,15+/m1/s1. The molecule has 0 N–H and O–H groups in total. The van der Waals surface area contributed by atoms with Crippen LogP contribution < -0.4 is 0 Å². The van der Waals surface area contributed by atoms with Gasteiger partial charge in [0.1, 0.15) is 6.34 Å². The number of hydrogen-bond donors (Lipinski definition) is 0. The Hall–Kier alpha value is -2.21. The second-order valence-corrected chi connectivity index (χ2v) is 5.35. The van der Waals surface area contributed by atoms with E-state index in [2.05, 4.69) is 4.99 Å². The topological polar surface area (TPSA) is 62.2 Å². The Morgan fingerprint density at radius 3 is 2.76 bits per heavy atom. The fourth-order valence-electron chi connectivity index (χ4n) is 3.00. The van der Waals surface area contributed by atoms with E-state index in [1.54, 1.807) is 6.92 Å². The third-order valence-electron chi connectivity index (χ3n) is 4.07. The van der Waals surface area contributed by atoms with Gasteiger partial charge in [-0.2, -0.15) is 0 Å². The first-order valence-electron chi connectivity index (χ1n) is 6.85. The van der Waals surface area contributed by atoms with Crippen LogP contribution in [0.25, 0.3) is 0 Å². The summed E-state index contributed by atoms with van der Waals surface area (Å²) in [6.07, 6.45) is 1.86. The van der Waals surface area contributed by atoms with Crippen LogP contribution in [-0.4, -0.2) is 47.4 Å². The van der Waals surface area contributed by atoms with Gasteiger partial charge in [-0.15, -0.1) is 0 Å². The van der Waals surface area contributed by atoms with Crippen LogP contribution in [0.3, 0.4) is 0 Å². The Bertz CT molecular complexity index is 601. The van der Waals surface area contributed by atoms with Crippen molar-refractivity contribution >= 4 is 18.2 Å². The molecule has 2 heterocycles. The molecule has 2 aliphatic rings. The summed E-state index contributed by atoms with van der Waals surface area (Å²) in [7, 11) is 1.35. The molecule has 2 aliphatic heterocycles. The molecular weight excluding hydrogens is 270 g/mol. The molecule has 110 valence electrons. The average Bonchev–Trinajstić information content (AvgIpc) is 2.88. The lowest BCUT2D eigenvalue weighted by Gasteiger charge is -2.44. The molecule has 0 aliphatic carbocycles. The van der Waals surface area contributed by atoms with E-state index in [1.807, 2.05) is 35.3 Å².